The van der Waals surface area contributed by atoms with E-state index in [0.29, 0.717) is 0 Å². The Morgan fingerprint density at radius 2 is 2.50 bits per heavy atom. The molecule has 0 bridgehead atoms. The summed E-state index contributed by atoms with van der Waals surface area (Å²) in [6, 6.07) is 1.79. The fraction of sp³-hybridized carbons (Fsp3) is 0.500. The van der Waals surface area contributed by atoms with Gasteiger partial charge in [-0.25, -0.2) is 0 Å². The molecule has 1 aromatic heterocycles. The van der Waals surface area contributed by atoms with E-state index in [0.717, 1.165) is 29.2 Å². The first-order chi connectivity index (χ1) is 6.76. The smallest absolute Gasteiger partial charge is 0.128 e. The summed E-state index contributed by atoms with van der Waals surface area (Å²) in [5.74, 6) is 2.45. The van der Waals surface area contributed by atoms with Gasteiger partial charge in [-0.15, -0.1) is 0 Å². The molecule has 0 saturated carbocycles. The molecule has 1 N–H and O–H groups in total. The highest BCUT2D eigenvalue weighted by Gasteiger charge is 2.36. The number of hydrogen-bond donors (Lipinski definition) is 1. The Hall–Kier alpha value is -0.740. The van der Waals surface area contributed by atoms with E-state index in [1.54, 1.807) is 37.3 Å². The first-order valence-corrected chi connectivity index (χ1v) is 5.70. The van der Waals surface area contributed by atoms with Crippen molar-refractivity contribution < 1.29 is 9.84 Å². The maximum absolute atomic E-state index is 10.3. The Balaban J connectivity index is 2.39. The fourth-order valence-electron chi connectivity index (χ4n) is 1.68. The first-order valence-electron chi connectivity index (χ1n) is 4.55. The molecule has 2 rings (SSSR count). The molecular weight excluding hydrogens is 198 g/mol. The van der Waals surface area contributed by atoms with E-state index in [1.165, 1.54) is 0 Å². The molecule has 1 aliphatic heterocycles. The summed E-state index contributed by atoms with van der Waals surface area (Å²) in [5.41, 5.74) is 0.0667. The van der Waals surface area contributed by atoms with Gasteiger partial charge in [-0.3, -0.25) is 4.98 Å². The van der Waals surface area contributed by atoms with Crippen molar-refractivity contribution in [2.45, 2.75) is 12.0 Å². The van der Waals surface area contributed by atoms with Gasteiger partial charge in [0.2, 0.25) is 0 Å². The number of nitrogens with zero attached hydrogens (tertiary/aromatic N) is 1. The van der Waals surface area contributed by atoms with E-state index in [4.69, 9.17) is 4.74 Å². The molecule has 0 spiro atoms. The van der Waals surface area contributed by atoms with Crippen LogP contribution in [0.25, 0.3) is 0 Å². The van der Waals surface area contributed by atoms with Crippen LogP contribution in [0.1, 0.15) is 12.0 Å². The molecule has 1 saturated heterocycles. The van der Waals surface area contributed by atoms with E-state index >= 15 is 0 Å². The highest BCUT2D eigenvalue weighted by Crippen LogP contribution is 2.40. The zero-order valence-corrected chi connectivity index (χ0v) is 8.88. The number of aromatic nitrogens is 1. The number of pyridine rings is 1. The van der Waals surface area contributed by atoms with E-state index in [9.17, 15) is 5.11 Å². The third-order valence-electron chi connectivity index (χ3n) is 2.50. The van der Waals surface area contributed by atoms with Crippen molar-refractivity contribution in [3.63, 3.8) is 0 Å². The summed E-state index contributed by atoms with van der Waals surface area (Å²) in [6.45, 7) is 0. The average molecular weight is 211 g/mol. The van der Waals surface area contributed by atoms with Gasteiger partial charge in [-0.05, 0) is 18.2 Å². The Kier molecular flexibility index (Phi) is 2.65. The predicted octanol–water partition coefficient (Wildman–Crippen LogP) is 1.41. The van der Waals surface area contributed by atoms with Crippen molar-refractivity contribution >= 4 is 11.8 Å². The van der Waals surface area contributed by atoms with Gasteiger partial charge in [0.15, 0.2) is 0 Å². The van der Waals surface area contributed by atoms with Crippen LogP contribution in [0, 0.1) is 0 Å². The van der Waals surface area contributed by atoms with E-state index < -0.39 is 5.60 Å². The Morgan fingerprint density at radius 3 is 3.14 bits per heavy atom. The number of aliphatic hydroxyl groups is 1. The molecule has 1 atom stereocenters. The summed E-state index contributed by atoms with van der Waals surface area (Å²) < 4.78 is 5.21. The highest BCUT2D eigenvalue weighted by atomic mass is 32.2. The van der Waals surface area contributed by atoms with Crippen LogP contribution in [0.15, 0.2) is 18.5 Å². The Labute approximate surface area is 87.5 Å². The summed E-state index contributed by atoms with van der Waals surface area (Å²) in [5, 5.41) is 10.3. The van der Waals surface area contributed by atoms with Crippen LogP contribution in [0.3, 0.4) is 0 Å². The van der Waals surface area contributed by atoms with Gasteiger partial charge >= 0.3 is 0 Å². The molecule has 0 aliphatic carbocycles. The molecule has 1 aliphatic rings. The van der Waals surface area contributed by atoms with Crippen LogP contribution in [0.5, 0.6) is 5.75 Å². The van der Waals surface area contributed by atoms with E-state index in [1.807, 2.05) is 0 Å². The lowest BCUT2D eigenvalue weighted by molar-refractivity contribution is 0.0626. The SMILES string of the molecule is COc1ccncc1C1(O)CCSC1. The molecule has 1 aromatic rings. The van der Waals surface area contributed by atoms with Crippen molar-refractivity contribution in [2.75, 3.05) is 18.6 Å². The van der Waals surface area contributed by atoms with E-state index in [2.05, 4.69) is 4.98 Å². The monoisotopic (exact) mass is 211 g/mol. The molecule has 1 unspecified atom stereocenters. The van der Waals surface area contributed by atoms with Crippen LogP contribution in [-0.4, -0.2) is 28.7 Å². The van der Waals surface area contributed by atoms with Crippen molar-refractivity contribution in [3.05, 3.63) is 24.0 Å². The third kappa shape index (κ3) is 1.60. The largest absolute Gasteiger partial charge is 0.496 e. The Bertz CT molecular complexity index is 324. The van der Waals surface area contributed by atoms with E-state index in [-0.39, 0.29) is 0 Å². The van der Waals surface area contributed by atoms with Gasteiger partial charge in [0.1, 0.15) is 11.4 Å². The van der Waals surface area contributed by atoms with Gasteiger partial charge in [0.25, 0.3) is 0 Å². The number of methoxy groups -OCH3 is 1. The number of thioether (sulfide) groups is 1. The quantitative estimate of drug-likeness (QED) is 0.803. The molecular formula is C10H13NO2S. The van der Waals surface area contributed by atoms with Crippen LogP contribution in [-0.2, 0) is 5.60 Å². The predicted molar refractivity (Wildman–Crippen MR) is 56.6 cm³/mol. The summed E-state index contributed by atoms with van der Waals surface area (Å²) in [7, 11) is 1.62. The molecule has 0 amide bonds. The second-order valence-electron chi connectivity index (χ2n) is 3.41. The molecule has 0 radical (unpaired) electrons. The third-order valence-corrected chi connectivity index (χ3v) is 3.68. The lowest BCUT2D eigenvalue weighted by Crippen LogP contribution is -2.25. The molecule has 2 heterocycles. The van der Waals surface area contributed by atoms with Crippen molar-refractivity contribution in [1.29, 1.82) is 0 Å². The lowest BCUT2D eigenvalue weighted by Gasteiger charge is -2.23. The maximum Gasteiger partial charge on any atom is 0.128 e. The van der Waals surface area contributed by atoms with Crippen molar-refractivity contribution in [1.82, 2.24) is 4.98 Å². The van der Waals surface area contributed by atoms with Crippen LogP contribution < -0.4 is 4.74 Å². The summed E-state index contributed by atoms with van der Waals surface area (Å²) >= 11 is 1.76. The van der Waals surface area contributed by atoms with Gasteiger partial charge in [-0.2, -0.15) is 11.8 Å². The van der Waals surface area contributed by atoms with Crippen LogP contribution in [0.2, 0.25) is 0 Å². The van der Waals surface area contributed by atoms with Crippen molar-refractivity contribution in [2.24, 2.45) is 0 Å². The minimum atomic E-state index is -0.746. The van der Waals surface area contributed by atoms with Gasteiger partial charge in [-0.1, -0.05) is 0 Å². The molecule has 1 fully saturated rings. The first kappa shape index (κ1) is 9.80. The summed E-state index contributed by atoms with van der Waals surface area (Å²) in [4.78, 5) is 4.03. The fourth-order valence-corrected chi connectivity index (χ4v) is 2.94. The number of ether oxygens (including phenoxy) is 1. The Morgan fingerprint density at radius 1 is 1.64 bits per heavy atom. The lowest BCUT2D eigenvalue weighted by atomic mass is 9.94. The standard InChI is InChI=1S/C10H13NO2S/c1-13-9-2-4-11-6-8(9)10(12)3-5-14-7-10/h2,4,6,12H,3,5,7H2,1H3. The second kappa shape index (κ2) is 3.79. The van der Waals surface area contributed by atoms with Gasteiger partial charge < -0.3 is 9.84 Å². The maximum atomic E-state index is 10.3. The average Bonchev–Trinajstić information content (AvgIpc) is 2.66. The minimum Gasteiger partial charge on any atom is -0.496 e. The van der Waals surface area contributed by atoms with Crippen LogP contribution in [0.4, 0.5) is 0 Å². The molecule has 4 heteroatoms. The molecule has 3 nitrogen and oxygen atoms in total. The van der Waals surface area contributed by atoms with Gasteiger partial charge in [0, 0.05) is 23.7 Å². The zero-order chi connectivity index (χ0) is 10.0. The number of rotatable bonds is 2. The second-order valence-corrected chi connectivity index (χ2v) is 4.52. The molecule has 76 valence electrons. The normalized spacial score (nSPS) is 26.4. The van der Waals surface area contributed by atoms with Crippen LogP contribution >= 0.6 is 11.8 Å². The molecule has 14 heavy (non-hydrogen) atoms. The highest BCUT2D eigenvalue weighted by molar-refractivity contribution is 7.99. The van der Waals surface area contributed by atoms with Gasteiger partial charge in [0.05, 0.1) is 7.11 Å². The number of hydrogen-bond acceptors (Lipinski definition) is 4. The minimum absolute atomic E-state index is 0.727. The molecule has 0 aromatic carbocycles. The zero-order valence-electron chi connectivity index (χ0n) is 8.06. The topological polar surface area (TPSA) is 42.4 Å². The van der Waals surface area contributed by atoms with Crippen molar-refractivity contribution in [3.8, 4) is 5.75 Å². The summed E-state index contributed by atoms with van der Waals surface area (Å²) in [6.07, 6.45) is 4.15.